The second-order valence-electron chi connectivity index (χ2n) is 4.84. The van der Waals surface area contributed by atoms with Gasteiger partial charge in [-0.2, -0.15) is 0 Å². The summed E-state index contributed by atoms with van der Waals surface area (Å²) in [6.07, 6.45) is 1.05. The van der Waals surface area contributed by atoms with Gasteiger partial charge in [0.2, 0.25) is 0 Å². The first-order valence-corrected chi connectivity index (χ1v) is 7.15. The molecular formula is C17H20ClN. The van der Waals surface area contributed by atoms with Crippen LogP contribution in [0, 0.1) is 0 Å². The highest BCUT2D eigenvalue weighted by Gasteiger charge is 2.04. The maximum absolute atomic E-state index is 6.21. The maximum Gasteiger partial charge on any atom is 0.0484 e. The topological polar surface area (TPSA) is 12.0 Å². The molecule has 2 aromatic rings. The highest BCUT2D eigenvalue weighted by Crippen LogP contribution is 2.27. The molecule has 0 heterocycles. The van der Waals surface area contributed by atoms with E-state index in [9.17, 15) is 0 Å². The first kappa shape index (κ1) is 14.1. The van der Waals surface area contributed by atoms with Crippen LogP contribution in [0.3, 0.4) is 0 Å². The first-order chi connectivity index (χ1) is 9.20. The molecule has 0 radical (unpaired) electrons. The van der Waals surface area contributed by atoms with Gasteiger partial charge >= 0.3 is 0 Å². The molecule has 2 aromatic carbocycles. The Morgan fingerprint density at radius 1 is 1.05 bits per heavy atom. The molecule has 2 heteroatoms. The third kappa shape index (κ3) is 3.82. The summed E-state index contributed by atoms with van der Waals surface area (Å²) in [5.74, 6) is 0. The maximum atomic E-state index is 6.21. The molecule has 1 nitrogen and oxygen atoms in total. The lowest BCUT2D eigenvalue weighted by Gasteiger charge is -2.12. The Bertz CT molecular complexity index is 519. The van der Waals surface area contributed by atoms with Crippen molar-refractivity contribution in [2.24, 2.45) is 0 Å². The van der Waals surface area contributed by atoms with E-state index < -0.39 is 0 Å². The van der Waals surface area contributed by atoms with Gasteiger partial charge in [0.15, 0.2) is 0 Å². The van der Waals surface area contributed by atoms with Gasteiger partial charge < -0.3 is 5.32 Å². The molecule has 0 saturated heterocycles. The Balaban J connectivity index is 2.13. The number of nitrogens with one attached hydrogen (secondary N) is 1. The van der Waals surface area contributed by atoms with Crippen LogP contribution in [0.25, 0.3) is 11.1 Å². The zero-order valence-electron chi connectivity index (χ0n) is 11.5. The lowest BCUT2D eigenvalue weighted by Crippen LogP contribution is -2.27. The number of rotatable bonds is 5. The van der Waals surface area contributed by atoms with Crippen molar-refractivity contribution in [1.82, 2.24) is 5.32 Å². The molecular weight excluding hydrogens is 254 g/mol. The third-order valence-electron chi connectivity index (χ3n) is 3.23. The Morgan fingerprint density at radius 2 is 1.74 bits per heavy atom. The standard InChI is InChI=1S/C17H20ClN/c1-3-19-13(2)12-14-8-10-15(11-9-14)16-6-4-5-7-17(16)18/h4-11,13,19H,3,12H2,1-2H3. The normalized spacial score (nSPS) is 12.4. The molecule has 1 unspecified atom stereocenters. The summed E-state index contributed by atoms with van der Waals surface area (Å²) < 4.78 is 0. The van der Waals surface area contributed by atoms with E-state index in [2.05, 4.69) is 49.5 Å². The molecule has 2 rings (SSSR count). The fourth-order valence-corrected chi connectivity index (χ4v) is 2.53. The largest absolute Gasteiger partial charge is 0.314 e. The quantitative estimate of drug-likeness (QED) is 0.843. The summed E-state index contributed by atoms with van der Waals surface area (Å²) in [6.45, 7) is 5.36. The van der Waals surface area contributed by atoms with Crippen molar-refractivity contribution in [2.75, 3.05) is 6.54 Å². The van der Waals surface area contributed by atoms with Crippen LogP contribution in [-0.4, -0.2) is 12.6 Å². The van der Waals surface area contributed by atoms with E-state index in [-0.39, 0.29) is 0 Å². The molecule has 0 spiro atoms. The highest BCUT2D eigenvalue weighted by molar-refractivity contribution is 6.33. The summed E-state index contributed by atoms with van der Waals surface area (Å²) in [7, 11) is 0. The van der Waals surface area contributed by atoms with Crippen LogP contribution in [0.1, 0.15) is 19.4 Å². The summed E-state index contributed by atoms with van der Waals surface area (Å²) in [4.78, 5) is 0. The molecule has 100 valence electrons. The highest BCUT2D eigenvalue weighted by atomic mass is 35.5. The zero-order chi connectivity index (χ0) is 13.7. The molecule has 19 heavy (non-hydrogen) atoms. The van der Waals surface area contributed by atoms with Crippen molar-refractivity contribution in [1.29, 1.82) is 0 Å². The monoisotopic (exact) mass is 273 g/mol. The average Bonchev–Trinajstić information content (AvgIpc) is 2.41. The lowest BCUT2D eigenvalue weighted by atomic mass is 10.0. The third-order valence-corrected chi connectivity index (χ3v) is 3.56. The van der Waals surface area contributed by atoms with Crippen LogP contribution in [0.15, 0.2) is 48.5 Å². The van der Waals surface area contributed by atoms with Crippen LogP contribution >= 0.6 is 11.6 Å². The van der Waals surface area contributed by atoms with Gasteiger partial charge in [0.25, 0.3) is 0 Å². The van der Waals surface area contributed by atoms with E-state index in [0.29, 0.717) is 6.04 Å². The fraction of sp³-hybridized carbons (Fsp3) is 0.294. The minimum atomic E-state index is 0.510. The predicted molar refractivity (Wildman–Crippen MR) is 83.7 cm³/mol. The summed E-state index contributed by atoms with van der Waals surface area (Å²) in [6, 6.07) is 17.1. The van der Waals surface area contributed by atoms with Gasteiger partial charge in [-0.25, -0.2) is 0 Å². The molecule has 0 saturated carbocycles. The average molecular weight is 274 g/mol. The van der Waals surface area contributed by atoms with E-state index in [4.69, 9.17) is 11.6 Å². The molecule has 0 aliphatic carbocycles. The Kier molecular flexibility index (Phi) is 5.00. The van der Waals surface area contributed by atoms with Crippen molar-refractivity contribution < 1.29 is 0 Å². The van der Waals surface area contributed by atoms with Crippen molar-refractivity contribution in [3.63, 3.8) is 0 Å². The minimum absolute atomic E-state index is 0.510. The van der Waals surface area contributed by atoms with Gasteiger partial charge in [-0.05, 0) is 37.1 Å². The molecule has 0 aliphatic heterocycles. The molecule has 0 aliphatic rings. The minimum Gasteiger partial charge on any atom is -0.314 e. The van der Waals surface area contributed by atoms with Crippen LogP contribution < -0.4 is 5.32 Å². The van der Waals surface area contributed by atoms with E-state index in [1.807, 2.05) is 18.2 Å². The smallest absolute Gasteiger partial charge is 0.0484 e. The molecule has 1 N–H and O–H groups in total. The van der Waals surface area contributed by atoms with Crippen LogP contribution in [0.5, 0.6) is 0 Å². The molecule has 0 fully saturated rings. The first-order valence-electron chi connectivity index (χ1n) is 6.78. The van der Waals surface area contributed by atoms with E-state index in [0.717, 1.165) is 23.6 Å². The second kappa shape index (κ2) is 6.74. The van der Waals surface area contributed by atoms with E-state index >= 15 is 0 Å². The number of halogens is 1. The number of hydrogen-bond donors (Lipinski definition) is 1. The summed E-state index contributed by atoms with van der Waals surface area (Å²) in [5, 5.41) is 4.23. The van der Waals surface area contributed by atoms with Crippen molar-refractivity contribution in [2.45, 2.75) is 26.3 Å². The van der Waals surface area contributed by atoms with Gasteiger partial charge in [-0.15, -0.1) is 0 Å². The van der Waals surface area contributed by atoms with Crippen molar-refractivity contribution in [3.8, 4) is 11.1 Å². The predicted octanol–water partition coefficient (Wildman–Crippen LogP) is 4.55. The molecule has 0 bridgehead atoms. The van der Waals surface area contributed by atoms with Gasteiger partial charge in [0.05, 0.1) is 0 Å². The number of benzene rings is 2. The summed E-state index contributed by atoms with van der Waals surface area (Å²) in [5.41, 5.74) is 3.62. The van der Waals surface area contributed by atoms with Gasteiger partial charge in [-0.1, -0.05) is 61.0 Å². The van der Waals surface area contributed by atoms with Crippen LogP contribution in [0.2, 0.25) is 5.02 Å². The Hall–Kier alpha value is -1.31. The molecule has 1 atom stereocenters. The van der Waals surface area contributed by atoms with Crippen LogP contribution in [-0.2, 0) is 6.42 Å². The zero-order valence-corrected chi connectivity index (χ0v) is 12.2. The Morgan fingerprint density at radius 3 is 2.37 bits per heavy atom. The van der Waals surface area contributed by atoms with Gasteiger partial charge in [0, 0.05) is 16.6 Å². The summed E-state index contributed by atoms with van der Waals surface area (Å²) >= 11 is 6.21. The molecule has 0 aromatic heterocycles. The fourth-order valence-electron chi connectivity index (χ4n) is 2.29. The van der Waals surface area contributed by atoms with E-state index in [1.165, 1.54) is 11.1 Å². The SMILES string of the molecule is CCNC(C)Cc1ccc(-c2ccccc2Cl)cc1. The van der Waals surface area contributed by atoms with E-state index in [1.54, 1.807) is 0 Å². The van der Waals surface area contributed by atoms with Gasteiger partial charge in [-0.3, -0.25) is 0 Å². The van der Waals surface area contributed by atoms with Crippen LogP contribution in [0.4, 0.5) is 0 Å². The number of likely N-dealkylation sites (N-methyl/N-ethyl adjacent to an activating group) is 1. The lowest BCUT2D eigenvalue weighted by molar-refractivity contribution is 0.565. The molecule has 0 amide bonds. The number of hydrogen-bond acceptors (Lipinski definition) is 1. The van der Waals surface area contributed by atoms with Gasteiger partial charge in [0.1, 0.15) is 0 Å². The van der Waals surface area contributed by atoms with Crippen molar-refractivity contribution in [3.05, 3.63) is 59.1 Å². The second-order valence-corrected chi connectivity index (χ2v) is 5.25. The Labute approximate surface area is 120 Å². The van der Waals surface area contributed by atoms with Crippen molar-refractivity contribution >= 4 is 11.6 Å².